The maximum atomic E-state index is 12.0. The van der Waals surface area contributed by atoms with Gasteiger partial charge in [-0.25, -0.2) is 0 Å². The summed E-state index contributed by atoms with van der Waals surface area (Å²) in [5.41, 5.74) is 5.89. The highest BCUT2D eigenvalue weighted by Crippen LogP contribution is 2.20. The number of carbonyl (C=O) groups is 1. The van der Waals surface area contributed by atoms with E-state index in [4.69, 9.17) is 5.73 Å². The van der Waals surface area contributed by atoms with Crippen LogP contribution in [0.15, 0.2) is 0 Å². The summed E-state index contributed by atoms with van der Waals surface area (Å²) in [6, 6.07) is -0.319. The fourth-order valence-corrected chi connectivity index (χ4v) is 2.09. The van der Waals surface area contributed by atoms with Crippen molar-refractivity contribution in [1.29, 1.82) is 0 Å². The van der Waals surface area contributed by atoms with Gasteiger partial charge in [0.25, 0.3) is 0 Å². The molecule has 1 unspecified atom stereocenters. The van der Waals surface area contributed by atoms with Crippen molar-refractivity contribution >= 4 is 5.91 Å². The van der Waals surface area contributed by atoms with Crippen LogP contribution in [0.25, 0.3) is 0 Å². The summed E-state index contributed by atoms with van der Waals surface area (Å²) in [4.78, 5) is 14.0. The van der Waals surface area contributed by atoms with E-state index in [0.29, 0.717) is 5.92 Å². The Hall–Kier alpha value is -0.570. The van der Waals surface area contributed by atoms with Gasteiger partial charge in [-0.15, -0.1) is 0 Å². The molecular weight excluding hydrogens is 188 g/mol. The number of carbonyl (C=O) groups excluding carboxylic acids is 1. The lowest BCUT2D eigenvalue weighted by Gasteiger charge is -2.34. The summed E-state index contributed by atoms with van der Waals surface area (Å²) in [5.74, 6) is 1.06. The molecule has 1 aliphatic rings. The van der Waals surface area contributed by atoms with Crippen molar-refractivity contribution in [1.82, 2.24) is 4.90 Å². The first-order valence-corrected chi connectivity index (χ1v) is 6.10. The lowest BCUT2D eigenvalue weighted by atomic mass is 9.94. The third kappa shape index (κ3) is 3.20. The molecule has 1 saturated heterocycles. The van der Waals surface area contributed by atoms with Crippen LogP contribution in [0.4, 0.5) is 0 Å². The van der Waals surface area contributed by atoms with Crippen LogP contribution in [0.3, 0.4) is 0 Å². The van der Waals surface area contributed by atoms with Gasteiger partial charge in [0.1, 0.15) is 0 Å². The molecule has 1 fully saturated rings. The second-order valence-electron chi connectivity index (χ2n) is 4.97. The summed E-state index contributed by atoms with van der Waals surface area (Å²) in [6.07, 6.45) is 3.56. The molecule has 2 atom stereocenters. The molecule has 1 rings (SSSR count). The molecule has 0 saturated carbocycles. The first-order valence-electron chi connectivity index (χ1n) is 6.10. The molecule has 1 aliphatic heterocycles. The van der Waals surface area contributed by atoms with E-state index in [2.05, 4.69) is 6.92 Å². The van der Waals surface area contributed by atoms with Crippen molar-refractivity contribution in [2.24, 2.45) is 17.6 Å². The third-order valence-corrected chi connectivity index (χ3v) is 3.41. The average Bonchev–Trinajstić information content (AvgIpc) is 2.27. The van der Waals surface area contributed by atoms with Crippen LogP contribution in [-0.2, 0) is 4.79 Å². The number of nitrogens with zero attached hydrogens (tertiary/aromatic N) is 1. The molecule has 0 aromatic rings. The summed E-state index contributed by atoms with van der Waals surface area (Å²) < 4.78 is 0. The van der Waals surface area contributed by atoms with Crippen LogP contribution < -0.4 is 5.73 Å². The average molecular weight is 212 g/mol. The van der Waals surface area contributed by atoms with Crippen molar-refractivity contribution in [3.05, 3.63) is 0 Å². The van der Waals surface area contributed by atoms with E-state index in [1.807, 2.05) is 18.7 Å². The summed E-state index contributed by atoms with van der Waals surface area (Å²) in [5, 5.41) is 0. The lowest BCUT2D eigenvalue weighted by Crippen LogP contribution is -2.49. The molecule has 0 bridgehead atoms. The quantitative estimate of drug-likeness (QED) is 0.772. The van der Waals surface area contributed by atoms with E-state index < -0.39 is 0 Å². The molecule has 88 valence electrons. The number of rotatable bonds is 3. The third-order valence-electron chi connectivity index (χ3n) is 3.41. The Morgan fingerprint density at radius 3 is 2.73 bits per heavy atom. The summed E-state index contributed by atoms with van der Waals surface area (Å²) in [6.45, 7) is 8.01. The molecule has 0 spiro atoms. The summed E-state index contributed by atoms with van der Waals surface area (Å²) >= 11 is 0. The lowest BCUT2D eigenvalue weighted by molar-refractivity contribution is -0.135. The minimum atomic E-state index is -0.319. The highest BCUT2D eigenvalue weighted by Gasteiger charge is 2.27. The maximum Gasteiger partial charge on any atom is 0.239 e. The Morgan fingerprint density at radius 1 is 1.53 bits per heavy atom. The molecule has 0 radical (unpaired) electrons. The molecule has 3 nitrogen and oxygen atoms in total. The molecule has 1 heterocycles. The normalized spacial score (nSPS) is 24.3. The van der Waals surface area contributed by atoms with Crippen LogP contribution in [0.5, 0.6) is 0 Å². The minimum absolute atomic E-state index is 0.142. The van der Waals surface area contributed by atoms with Gasteiger partial charge >= 0.3 is 0 Å². The molecular formula is C12H24N2O. The fourth-order valence-electron chi connectivity index (χ4n) is 2.09. The highest BCUT2D eigenvalue weighted by atomic mass is 16.2. The number of piperidine rings is 1. The van der Waals surface area contributed by atoms with E-state index in [1.165, 1.54) is 12.8 Å². The molecule has 0 aromatic heterocycles. The van der Waals surface area contributed by atoms with Crippen molar-refractivity contribution in [3.8, 4) is 0 Å². The van der Waals surface area contributed by atoms with Crippen LogP contribution in [-0.4, -0.2) is 29.9 Å². The van der Waals surface area contributed by atoms with Crippen molar-refractivity contribution in [3.63, 3.8) is 0 Å². The maximum absolute atomic E-state index is 12.0. The molecule has 0 aromatic carbocycles. The predicted molar refractivity (Wildman–Crippen MR) is 62.4 cm³/mol. The first-order chi connectivity index (χ1) is 7.06. The Kier molecular flexibility index (Phi) is 4.58. The van der Waals surface area contributed by atoms with Crippen LogP contribution >= 0.6 is 0 Å². The molecule has 0 aliphatic carbocycles. The van der Waals surface area contributed by atoms with Gasteiger partial charge in [-0.3, -0.25) is 4.79 Å². The number of nitrogens with two attached hydrogens (primary N) is 1. The second kappa shape index (κ2) is 5.50. The van der Waals surface area contributed by atoms with Crippen LogP contribution in [0.2, 0.25) is 0 Å². The largest absolute Gasteiger partial charge is 0.341 e. The van der Waals surface area contributed by atoms with E-state index in [1.54, 1.807) is 0 Å². The Balaban J connectivity index is 2.52. The van der Waals surface area contributed by atoms with Gasteiger partial charge in [-0.2, -0.15) is 0 Å². The van der Waals surface area contributed by atoms with Gasteiger partial charge in [0.15, 0.2) is 0 Å². The van der Waals surface area contributed by atoms with Crippen molar-refractivity contribution in [2.45, 2.75) is 46.1 Å². The van der Waals surface area contributed by atoms with Crippen molar-refractivity contribution in [2.75, 3.05) is 13.1 Å². The van der Waals surface area contributed by atoms with Gasteiger partial charge in [-0.05, 0) is 24.7 Å². The van der Waals surface area contributed by atoms with E-state index in [9.17, 15) is 4.79 Å². The van der Waals surface area contributed by atoms with Gasteiger partial charge in [0, 0.05) is 13.1 Å². The SMILES string of the molecule is CCC1CCCN(C(=O)[C@H](N)C(C)C)C1. The standard InChI is InChI=1S/C12H24N2O/c1-4-10-6-5-7-14(8-10)12(15)11(13)9(2)3/h9-11H,4-8,13H2,1-3H3/t10?,11-/m1/s1. The number of likely N-dealkylation sites (tertiary alicyclic amines) is 1. The second-order valence-corrected chi connectivity index (χ2v) is 4.97. The van der Waals surface area contributed by atoms with E-state index >= 15 is 0 Å². The van der Waals surface area contributed by atoms with Gasteiger partial charge in [0.05, 0.1) is 6.04 Å². The zero-order valence-corrected chi connectivity index (χ0v) is 10.2. The predicted octanol–water partition coefficient (Wildman–Crippen LogP) is 1.62. The minimum Gasteiger partial charge on any atom is -0.341 e. The van der Waals surface area contributed by atoms with Gasteiger partial charge in [-0.1, -0.05) is 27.2 Å². The molecule has 2 N–H and O–H groups in total. The smallest absolute Gasteiger partial charge is 0.239 e. The number of hydrogen-bond acceptors (Lipinski definition) is 2. The van der Waals surface area contributed by atoms with Gasteiger partial charge in [0.2, 0.25) is 5.91 Å². The number of amides is 1. The van der Waals surface area contributed by atoms with E-state index in [0.717, 1.165) is 19.5 Å². The Bertz CT molecular complexity index is 216. The van der Waals surface area contributed by atoms with Crippen LogP contribution in [0.1, 0.15) is 40.0 Å². The Morgan fingerprint density at radius 2 is 2.20 bits per heavy atom. The van der Waals surface area contributed by atoms with Crippen LogP contribution in [0, 0.1) is 11.8 Å². The highest BCUT2D eigenvalue weighted by molar-refractivity contribution is 5.82. The van der Waals surface area contributed by atoms with Gasteiger partial charge < -0.3 is 10.6 Å². The Labute approximate surface area is 93.0 Å². The van der Waals surface area contributed by atoms with Crippen molar-refractivity contribution < 1.29 is 4.79 Å². The zero-order valence-electron chi connectivity index (χ0n) is 10.2. The zero-order chi connectivity index (χ0) is 11.4. The topological polar surface area (TPSA) is 46.3 Å². The monoisotopic (exact) mass is 212 g/mol. The molecule has 1 amide bonds. The fraction of sp³-hybridized carbons (Fsp3) is 0.917. The number of hydrogen-bond donors (Lipinski definition) is 1. The van der Waals surface area contributed by atoms with E-state index in [-0.39, 0.29) is 17.9 Å². The molecule has 3 heteroatoms. The molecule has 15 heavy (non-hydrogen) atoms. The first kappa shape index (κ1) is 12.5. The summed E-state index contributed by atoms with van der Waals surface area (Å²) in [7, 11) is 0.